The second kappa shape index (κ2) is 6.67. The van der Waals surface area contributed by atoms with Crippen LogP contribution in [0.1, 0.15) is 58.8 Å². The second-order valence-corrected chi connectivity index (χ2v) is 6.95. The van der Waals surface area contributed by atoms with Gasteiger partial charge in [0.1, 0.15) is 5.54 Å². The van der Waals surface area contributed by atoms with Crippen LogP contribution < -0.4 is 5.32 Å². The number of likely N-dealkylation sites (tertiary alicyclic amines) is 1. The van der Waals surface area contributed by atoms with Crippen molar-refractivity contribution in [2.24, 2.45) is 11.8 Å². The molecule has 0 bridgehead atoms. The zero-order valence-electron chi connectivity index (χ0n) is 13.2. The topological polar surface area (TPSA) is 69.6 Å². The lowest BCUT2D eigenvalue weighted by Crippen LogP contribution is -2.56. The van der Waals surface area contributed by atoms with Crippen molar-refractivity contribution in [3.63, 3.8) is 0 Å². The van der Waals surface area contributed by atoms with Gasteiger partial charge >= 0.3 is 12.0 Å². The zero-order chi connectivity index (χ0) is 15.5. The van der Waals surface area contributed by atoms with Gasteiger partial charge in [0.15, 0.2) is 0 Å². The molecule has 1 saturated carbocycles. The van der Waals surface area contributed by atoms with Crippen LogP contribution in [0.5, 0.6) is 0 Å². The van der Waals surface area contributed by atoms with Gasteiger partial charge in [0.2, 0.25) is 0 Å². The largest absolute Gasteiger partial charge is 0.480 e. The Morgan fingerprint density at radius 2 is 1.81 bits per heavy atom. The third kappa shape index (κ3) is 3.69. The number of nitrogens with one attached hydrogen (secondary N) is 1. The summed E-state index contributed by atoms with van der Waals surface area (Å²) in [5.74, 6) is 0.430. The van der Waals surface area contributed by atoms with Crippen molar-refractivity contribution in [2.45, 2.75) is 64.3 Å². The molecule has 1 heterocycles. The first-order valence-electron chi connectivity index (χ1n) is 8.25. The molecule has 1 atom stereocenters. The summed E-state index contributed by atoms with van der Waals surface area (Å²) in [6.07, 6.45) is 6.05. The zero-order valence-corrected chi connectivity index (χ0v) is 13.2. The minimum atomic E-state index is -1.03. The van der Waals surface area contributed by atoms with Gasteiger partial charge in [-0.1, -0.05) is 26.7 Å². The summed E-state index contributed by atoms with van der Waals surface area (Å²) in [5.41, 5.74) is -1.03. The standard InChI is InChI=1S/C16H28N2O3/c1-12(2)13-6-5-10-18(11-7-13)15(21)17-16(14(19)20)8-3-4-9-16/h12-13H,3-11H2,1-2H3,(H,17,21)(H,19,20). The predicted molar refractivity (Wildman–Crippen MR) is 81.1 cm³/mol. The van der Waals surface area contributed by atoms with Crippen molar-refractivity contribution in [2.75, 3.05) is 13.1 Å². The van der Waals surface area contributed by atoms with Gasteiger partial charge in [-0.05, 0) is 43.9 Å². The molecule has 0 aromatic rings. The molecule has 1 saturated heterocycles. The molecular formula is C16H28N2O3. The maximum absolute atomic E-state index is 12.4. The van der Waals surface area contributed by atoms with Crippen molar-refractivity contribution in [1.82, 2.24) is 10.2 Å². The predicted octanol–water partition coefficient (Wildman–Crippen LogP) is 2.85. The molecule has 120 valence electrons. The van der Waals surface area contributed by atoms with Crippen LogP contribution in [-0.2, 0) is 4.79 Å². The molecular weight excluding hydrogens is 268 g/mol. The van der Waals surface area contributed by atoms with Crippen LogP contribution in [0, 0.1) is 11.8 Å². The van der Waals surface area contributed by atoms with Crippen LogP contribution in [0.2, 0.25) is 0 Å². The van der Waals surface area contributed by atoms with E-state index in [1.807, 2.05) is 4.90 Å². The third-order valence-corrected chi connectivity index (χ3v) is 5.22. The highest BCUT2D eigenvalue weighted by atomic mass is 16.4. The highest BCUT2D eigenvalue weighted by Crippen LogP contribution is 2.30. The summed E-state index contributed by atoms with van der Waals surface area (Å²) in [7, 11) is 0. The minimum absolute atomic E-state index is 0.191. The van der Waals surface area contributed by atoms with Crippen molar-refractivity contribution in [3.05, 3.63) is 0 Å². The maximum atomic E-state index is 12.4. The van der Waals surface area contributed by atoms with Gasteiger partial charge < -0.3 is 15.3 Å². The molecule has 2 N–H and O–H groups in total. The summed E-state index contributed by atoms with van der Waals surface area (Å²) < 4.78 is 0. The lowest BCUT2D eigenvalue weighted by Gasteiger charge is -2.30. The summed E-state index contributed by atoms with van der Waals surface area (Å²) in [6, 6.07) is -0.191. The van der Waals surface area contributed by atoms with Crippen LogP contribution in [0.4, 0.5) is 4.79 Å². The average Bonchev–Trinajstić information content (AvgIpc) is 2.75. The van der Waals surface area contributed by atoms with E-state index in [0.717, 1.165) is 45.2 Å². The van der Waals surface area contributed by atoms with Gasteiger partial charge in [-0.15, -0.1) is 0 Å². The van der Waals surface area contributed by atoms with E-state index >= 15 is 0 Å². The first kappa shape index (κ1) is 16.1. The third-order valence-electron chi connectivity index (χ3n) is 5.22. The van der Waals surface area contributed by atoms with Crippen molar-refractivity contribution >= 4 is 12.0 Å². The number of hydrogen-bond donors (Lipinski definition) is 2. The first-order chi connectivity index (χ1) is 9.94. The molecule has 0 aromatic heterocycles. The smallest absolute Gasteiger partial charge is 0.329 e. The van der Waals surface area contributed by atoms with Gasteiger partial charge in [0, 0.05) is 13.1 Å². The minimum Gasteiger partial charge on any atom is -0.480 e. The van der Waals surface area contributed by atoms with Crippen molar-refractivity contribution in [3.8, 4) is 0 Å². The Bertz CT molecular complexity index is 389. The van der Waals surface area contributed by atoms with Crippen LogP contribution >= 0.6 is 0 Å². The summed E-state index contributed by atoms with van der Waals surface area (Å²) in [5, 5.41) is 12.3. The van der Waals surface area contributed by atoms with Gasteiger partial charge in [-0.3, -0.25) is 0 Å². The van der Waals surface area contributed by atoms with Gasteiger partial charge in [-0.25, -0.2) is 9.59 Å². The maximum Gasteiger partial charge on any atom is 0.329 e. The molecule has 5 heteroatoms. The highest BCUT2D eigenvalue weighted by Gasteiger charge is 2.43. The fraction of sp³-hybridized carbons (Fsp3) is 0.875. The number of carbonyl (C=O) groups excluding carboxylic acids is 1. The molecule has 1 aliphatic heterocycles. The number of urea groups is 1. The normalized spacial score (nSPS) is 25.7. The Hall–Kier alpha value is -1.26. The summed E-state index contributed by atoms with van der Waals surface area (Å²) in [4.78, 5) is 25.8. The van der Waals surface area contributed by atoms with E-state index in [4.69, 9.17) is 0 Å². The molecule has 0 spiro atoms. The molecule has 2 aliphatic rings. The Labute approximate surface area is 127 Å². The molecule has 0 radical (unpaired) electrons. The Morgan fingerprint density at radius 3 is 2.38 bits per heavy atom. The fourth-order valence-corrected chi connectivity index (χ4v) is 3.65. The second-order valence-electron chi connectivity index (χ2n) is 6.95. The quantitative estimate of drug-likeness (QED) is 0.841. The van der Waals surface area contributed by atoms with Crippen LogP contribution in [-0.4, -0.2) is 40.6 Å². The molecule has 0 aromatic carbocycles. The number of carboxylic acid groups (broad SMARTS) is 1. The molecule has 2 fully saturated rings. The van der Waals surface area contributed by atoms with Gasteiger partial charge in [-0.2, -0.15) is 0 Å². The van der Waals surface area contributed by atoms with Gasteiger partial charge in [0.05, 0.1) is 0 Å². The molecule has 21 heavy (non-hydrogen) atoms. The summed E-state index contributed by atoms with van der Waals surface area (Å²) >= 11 is 0. The van der Waals surface area contributed by atoms with Crippen LogP contribution in [0.15, 0.2) is 0 Å². The van der Waals surface area contributed by atoms with E-state index in [9.17, 15) is 14.7 Å². The average molecular weight is 296 g/mol. The fourth-order valence-electron chi connectivity index (χ4n) is 3.65. The first-order valence-corrected chi connectivity index (χ1v) is 8.25. The molecule has 1 aliphatic carbocycles. The lowest BCUT2D eigenvalue weighted by molar-refractivity contribution is -0.144. The molecule has 5 nitrogen and oxygen atoms in total. The molecule has 1 unspecified atom stereocenters. The van der Waals surface area contributed by atoms with Crippen molar-refractivity contribution in [1.29, 1.82) is 0 Å². The SMILES string of the molecule is CC(C)C1CCCN(C(=O)NC2(C(=O)O)CCCC2)CC1. The number of aliphatic carboxylic acids is 1. The van der Waals surface area contributed by atoms with E-state index in [2.05, 4.69) is 19.2 Å². The number of nitrogens with zero attached hydrogens (tertiary/aromatic N) is 1. The van der Waals surface area contributed by atoms with E-state index in [1.165, 1.54) is 0 Å². The van der Waals surface area contributed by atoms with Crippen LogP contribution in [0.3, 0.4) is 0 Å². The summed E-state index contributed by atoms with van der Waals surface area (Å²) in [6.45, 7) is 5.95. The Morgan fingerprint density at radius 1 is 1.14 bits per heavy atom. The van der Waals surface area contributed by atoms with Crippen molar-refractivity contribution < 1.29 is 14.7 Å². The van der Waals surface area contributed by atoms with Crippen LogP contribution in [0.25, 0.3) is 0 Å². The number of carboxylic acids is 1. The molecule has 2 rings (SSSR count). The Kier molecular flexibility index (Phi) is 5.12. The van der Waals surface area contributed by atoms with E-state index in [-0.39, 0.29) is 6.03 Å². The highest BCUT2D eigenvalue weighted by molar-refractivity contribution is 5.86. The lowest BCUT2D eigenvalue weighted by atomic mass is 9.89. The van der Waals surface area contributed by atoms with Gasteiger partial charge in [0.25, 0.3) is 0 Å². The van der Waals surface area contributed by atoms with E-state index in [1.54, 1.807) is 0 Å². The number of carbonyl (C=O) groups is 2. The van der Waals surface area contributed by atoms with E-state index in [0.29, 0.717) is 24.7 Å². The molecule has 2 amide bonds. The monoisotopic (exact) mass is 296 g/mol. The Balaban J connectivity index is 1.95. The number of rotatable bonds is 3. The van der Waals surface area contributed by atoms with E-state index < -0.39 is 11.5 Å². The number of amides is 2. The number of hydrogen-bond acceptors (Lipinski definition) is 2.